The Bertz CT molecular complexity index is 400. The first-order valence-corrected chi connectivity index (χ1v) is 6.02. The van der Waals surface area contributed by atoms with E-state index in [1.165, 1.54) is 0 Å². The smallest absolute Gasteiger partial charge is 0.123 e. The van der Waals surface area contributed by atoms with Gasteiger partial charge in [-0.15, -0.1) is 22.7 Å². The average Bonchev–Trinajstić information content (AvgIpc) is 2.88. The topological polar surface area (TPSA) is 23.8 Å². The first-order valence-electron chi connectivity index (χ1n) is 4.26. The Kier molecular flexibility index (Phi) is 2.40. The molecule has 0 aromatic carbocycles. The molecule has 0 fully saturated rings. The number of nitrogens with zero attached hydrogens (tertiary/aromatic N) is 1. The van der Waals surface area contributed by atoms with Gasteiger partial charge in [-0.05, 0) is 29.8 Å². The summed E-state index contributed by atoms with van der Waals surface area (Å²) in [7, 11) is 0. The van der Waals surface area contributed by atoms with Crippen molar-refractivity contribution >= 4 is 22.7 Å². The first kappa shape index (κ1) is 9.45. The summed E-state index contributed by atoms with van der Waals surface area (Å²) in [5, 5.41) is 13.3. The van der Waals surface area contributed by atoms with Gasteiger partial charge >= 0.3 is 0 Å². The van der Waals surface area contributed by atoms with Crippen molar-refractivity contribution in [2.45, 2.75) is 12.3 Å². The summed E-state index contributed by atoms with van der Waals surface area (Å²) in [6.07, 6.45) is 0. The van der Waals surface area contributed by atoms with Crippen molar-refractivity contribution in [2.75, 3.05) is 0 Å². The van der Waals surface area contributed by atoms with Gasteiger partial charge in [0.05, 0.1) is 6.07 Å². The molecule has 0 aliphatic rings. The Hall–Kier alpha value is -1.11. The maximum Gasteiger partial charge on any atom is 0.123 e. The molecule has 14 heavy (non-hydrogen) atoms. The fourth-order valence-corrected chi connectivity index (χ4v) is 3.13. The molecule has 0 saturated carbocycles. The van der Waals surface area contributed by atoms with Crippen LogP contribution in [0.15, 0.2) is 35.0 Å². The van der Waals surface area contributed by atoms with E-state index in [1.54, 1.807) is 22.7 Å². The van der Waals surface area contributed by atoms with Gasteiger partial charge in [0, 0.05) is 9.75 Å². The summed E-state index contributed by atoms with van der Waals surface area (Å²) in [6.45, 7) is 1.98. The summed E-state index contributed by atoms with van der Waals surface area (Å²) in [4.78, 5) is 2.23. The van der Waals surface area contributed by atoms with E-state index in [9.17, 15) is 5.26 Å². The van der Waals surface area contributed by atoms with E-state index in [1.807, 2.05) is 41.9 Å². The number of hydrogen-bond donors (Lipinski definition) is 0. The van der Waals surface area contributed by atoms with Gasteiger partial charge in [-0.25, -0.2) is 0 Å². The number of nitriles is 1. The lowest BCUT2D eigenvalue weighted by Gasteiger charge is -2.17. The molecule has 2 rings (SSSR count). The summed E-state index contributed by atoms with van der Waals surface area (Å²) < 4.78 is 0. The highest BCUT2D eigenvalue weighted by atomic mass is 32.1. The molecule has 0 amide bonds. The van der Waals surface area contributed by atoms with Crippen LogP contribution in [0.4, 0.5) is 0 Å². The minimum atomic E-state index is -0.470. The van der Waals surface area contributed by atoms with E-state index in [0.29, 0.717) is 0 Å². The van der Waals surface area contributed by atoms with Crippen LogP contribution in [0.25, 0.3) is 0 Å². The monoisotopic (exact) mass is 219 g/mol. The summed E-state index contributed by atoms with van der Waals surface area (Å²) in [6, 6.07) is 10.4. The van der Waals surface area contributed by atoms with Gasteiger partial charge in [0.2, 0.25) is 0 Å². The number of thiophene rings is 2. The van der Waals surface area contributed by atoms with Gasteiger partial charge in [-0.3, -0.25) is 0 Å². The minimum absolute atomic E-state index is 0.470. The molecule has 1 nitrogen and oxygen atoms in total. The Balaban J connectivity index is 2.52. The molecule has 0 aliphatic heterocycles. The van der Waals surface area contributed by atoms with Crippen LogP contribution in [-0.2, 0) is 5.41 Å². The third kappa shape index (κ3) is 1.37. The molecular weight excluding hydrogens is 210 g/mol. The predicted octanol–water partition coefficient (Wildman–Crippen LogP) is 3.64. The first-order chi connectivity index (χ1) is 6.77. The largest absolute Gasteiger partial charge is 0.197 e. The quantitative estimate of drug-likeness (QED) is 0.756. The third-order valence-electron chi connectivity index (χ3n) is 2.25. The molecule has 0 bridgehead atoms. The van der Waals surface area contributed by atoms with Crippen LogP contribution >= 0.6 is 22.7 Å². The van der Waals surface area contributed by atoms with Crippen LogP contribution in [-0.4, -0.2) is 0 Å². The van der Waals surface area contributed by atoms with Crippen LogP contribution in [0.3, 0.4) is 0 Å². The van der Waals surface area contributed by atoms with Crippen LogP contribution in [0, 0.1) is 11.3 Å². The average molecular weight is 219 g/mol. The Morgan fingerprint density at radius 3 is 1.93 bits per heavy atom. The normalized spacial score (nSPS) is 11.1. The second-order valence-corrected chi connectivity index (χ2v) is 5.09. The summed E-state index contributed by atoms with van der Waals surface area (Å²) in [5.74, 6) is 0. The summed E-state index contributed by atoms with van der Waals surface area (Å²) in [5.41, 5.74) is -0.470. The molecular formula is C11H9NS2. The third-order valence-corrected chi connectivity index (χ3v) is 4.43. The fourth-order valence-electron chi connectivity index (χ4n) is 1.36. The Morgan fingerprint density at radius 2 is 1.64 bits per heavy atom. The minimum Gasteiger partial charge on any atom is -0.197 e. The van der Waals surface area contributed by atoms with Crippen LogP contribution in [0.2, 0.25) is 0 Å². The van der Waals surface area contributed by atoms with E-state index >= 15 is 0 Å². The second kappa shape index (κ2) is 3.56. The molecule has 0 N–H and O–H groups in total. The molecule has 0 radical (unpaired) electrons. The summed E-state index contributed by atoms with van der Waals surface area (Å²) >= 11 is 3.27. The highest BCUT2D eigenvalue weighted by Crippen LogP contribution is 2.36. The predicted molar refractivity (Wildman–Crippen MR) is 60.7 cm³/mol. The zero-order valence-electron chi connectivity index (χ0n) is 7.73. The maximum absolute atomic E-state index is 9.29. The van der Waals surface area contributed by atoms with Crippen LogP contribution in [0.5, 0.6) is 0 Å². The Labute approximate surface area is 91.3 Å². The molecule has 70 valence electrons. The van der Waals surface area contributed by atoms with E-state index in [0.717, 1.165) is 9.75 Å². The van der Waals surface area contributed by atoms with Crippen molar-refractivity contribution in [1.82, 2.24) is 0 Å². The second-order valence-electron chi connectivity index (χ2n) is 3.19. The fraction of sp³-hybridized carbons (Fsp3) is 0.182. The van der Waals surface area contributed by atoms with E-state index in [-0.39, 0.29) is 0 Å². The molecule has 2 heterocycles. The van der Waals surface area contributed by atoms with E-state index < -0.39 is 5.41 Å². The molecule has 3 heteroatoms. The standard InChI is InChI=1S/C11H9NS2/c1-11(8-12,9-4-2-6-13-9)10-5-3-7-14-10/h2-7H,1H3. The number of rotatable bonds is 2. The van der Waals surface area contributed by atoms with Crippen molar-refractivity contribution in [3.63, 3.8) is 0 Å². The van der Waals surface area contributed by atoms with E-state index in [2.05, 4.69) is 6.07 Å². The Morgan fingerprint density at radius 1 is 1.14 bits per heavy atom. The lowest BCUT2D eigenvalue weighted by Crippen LogP contribution is -2.17. The molecule has 0 saturated heterocycles. The van der Waals surface area contributed by atoms with Gasteiger partial charge in [0.25, 0.3) is 0 Å². The zero-order chi connectivity index (χ0) is 10.0. The van der Waals surface area contributed by atoms with E-state index in [4.69, 9.17) is 0 Å². The lowest BCUT2D eigenvalue weighted by molar-refractivity contribution is 0.778. The van der Waals surface area contributed by atoms with Gasteiger partial charge in [0.15, 0.2) is 0 Å². The molecule has 0 unspecified atom stereocenters. The highest BCUT2D eigenvalue weighted by molar-refractivity contribution is 7.11. The van der Waals surface area contributed by atoms with Crippen LogP contribution < -0.4 is 0 Å². The zero-order valence-corrected chi connectivity index (χ0v) is 9.36. The van der Waals surface area contributed by atoms with Crippen molar-refractivity contribution in [2.24, 2.45) is 0 Å². The highest BCUT2D eigenvalue weighted by Gasteiger charge is 2.30. The molecule has 2 aromatic rings. The van der Waals surface area contributed by atoms with Gasteiger partial charge in [-0.2, -0.15) is 5.26 Å². The number of hydrogen-bond acceptors (Lipinski definition) is 3. The maximum atomic E-state index is 9.29. The molecule has 0 spiro atoms. The van der Waals surface area contributed by atoms with Gasteiger partial charge in [-0.1, -0.05) is 12.1 Å². The van der Waals surface area contributed by atoms with Crippen LogP contribution in [0.1, 0.15) is 16.7 Å². The van der Waals surface area contributed by atoms with Crippen molar-refractivity contribution in [1.29, 1.82) is 5.26 Å². The molecule has 0 aliphatic carbocycles. The SMILES string of the molecule is CC(C#N)(c1cccs1)c1cccs1. The van der Waals surface area contributed by atoms with Crippen molar-refractivity contribution < 1.29 is 0 Å². The molecule has 2 aromatic heterocycles. The lowest BCUT2D eigenvalue weighted by atomic mass is 9.89. The van der Waals surface area contributed by atoms with Gasteiger partial charge < -0.3 is 0 Å². The van der Waals surface area contributed by atoms with Crippen molar-refractivity contribution in [3.05, 3.63) is 44.8 Å². The molecule has 0 atom stereocenters. The van der Waals surface area contributed by atoms with Gasteiger partial charge in [0.1, 0.15) is 5.41 Å². The van der Waals surface area contributed by atoms with Crippen molar-refractivity contribution in [3.8, 4) is 6.07 Å².